The van der Waals surface area contributed by atoms with Gasteiger partial charge >= 0.3 is 0 Å². The SMILES string of the molecule is Cc1cc(CN2CC3CCN(C)C3C2)ccc1C(C)(C)C. The third-order valence-corrected chi connectivity index (χ3v) is 5.41. The third-order valence-electron chi connectivity index (χ3n) is 5.41. The van der Waals surface area contributed by atoms with Gasteiger partial charge in [0.15, 0.2) is 0 Å². The van der Waals surface area contributed by atoms with Gasteiger partial charge in [0, 0.05) is 25.7 Å². The van der Waals surface area contributed by atoms with E-state index >= 15 is 0 Å². The van der Waals surface area contributed by atoms with Crippen LogP contribution >= 0.6 is 0 Å². The highest BCUT2D eigenvalue weighted by Gasteiger charge is 2.39. The molecule has 116 valence electrons. The van der Waals surface area contributed by atoms with Gasteiger partial charge in [-0.25, -0.2) is 0 Å². The average Bonchev–Trinajstić information content (AvgIpc) is 2.90. The summed E-state index contributed by atoms with van der Waals surface area (Å²) < 4.78 is 0. The van der Waals surface area contributed by atoms with Crippen LogP contribution in [-0.2, 0) is 12.0 Å². The minimum Gasteiger partial charge on any atom is -0.302 e. The maximum atomic E-state index is 2.65. The first-order valence-electron chi connectivity index (χ1n) is 8.37. The van der Waals surface area contributed by atoms with Crippen molar-refractivity contribution in [2.75, 3.05) is 26.7 Å². The van der Waals surface area contributed by atoms with Crippen molar-refractivity contribution in [1.82, 2.24) is 9.80 Å². The summed E-state index contributed by atoms with van der Waals surface area (Å²) in [5.74, 6) is 0.907. The van der Waals surface area contributed by atoms with E-state index in [2.05, 4.69) is 62.7 Å². The number of hydrogen-bond donors (Lipinski definition) is 0. The summed E-state index contributed by atoms with van der Waals surface area (Å²) in [4.78, 5) is 5.20. The van der Waals surface area contributed by atoms with E-state index in [4.69, 9.17) is 0 Å². The molecule has 0 N–H and O–H groups in total. The van der Waals surface area contributed by atoms with Gasteiger partial charge in [0.2, 0.25) is 0 Å². The second-order valence-corrected chi connectivity index (χ2v) is 8.19. The van der Waals surface area contributed by atoms with Gasteiger partial charge in [-0.05, 0) is 55.0 Å². The number of rotatable bonds is 2. The second kappa shape index (κ2) is 5.40. The van der Waals surface area contributed by atoms with Crippen molar-refractivity contribution in [1.29, 1.82) is 0 Å². The van der Waals surface area contributed by atoms with Gasteiger partial charge in [-0.2, -0.15) is 0 Å². The molecule has 0 bridgehead atoms. The van der Waals surface area contributed by atoms with E-state index in [1.807, 2.05) is 0 Å². The van der Waals surface area contributed by atoms with Gasteiger partial charge < -0.3 is 4.90 Å². The molecule has 21 heavy (non-hydrogen) atoms. The summed E-state index contributed by atoms with van der Waals surface area (Å²) in [6.45, 7) is 14.1. The minimum atomic E-state index is 0.246. The zero-order chi connectivity index (χ0) is 15.2. The lowest BCUT2D eigenvalue weighted by atomic mass is 9.83. The summed E-state index contributed by atoms with van der Waals surface area (Å²) in [5.41, 5.74) is 4.64. The van der Waals surface area contributed by atoms with Crippen molar-refractivity contribution in [2.45, 2.75) is 52.1 Å². The molecule has 2 aliphatic heterocycles. The van der Waals surface area contributed by atoms with Crippen molar-refractivity contribution < 1.29 is 0 Å². The fraction of sp³-hybridized carbons (Fsp3) is 0.684. The first kappa shape index (κ1) is 15.1. The van der Waals surface area contributed by atoms with Gasteiger partial charge in [-0.15, -0.1) is 0 Å². The fourth-order valence-electron chi connectivity index (χ4n) is 4.31. The van der Waals surface area contributed by atoms with Crippen LogP contribution in [0.15, 0.2) is 18.2 Å². The predicted molar refractivity (Wildman–Crippen MR) is 89.7 cm³/mol. The Bertz CT molecular complexity index is 515. The Labute approximate surface area is 130 Å². The van der Waals surface area contributed by atoms with Crippen LogP contribution in [0.2, 0.25) is 0 Å². The molecule has 2 heterocycles. The predicted octanol–water partition coefficient (Wildman–Crippen LogP) is 3.43. The van der Waals surface area contributed by atoms with Crippen LogP contribution in [0.5, 0.6) is 0 Å². The van der Waals surface area contributed by atoms with Crippen LogP contribution < -0.4 is 0 Å². The number of benzene rings is 1. The minimum absolute atomic E-state index is 0.246. The molecule has 0 aromatic heterocycles. The molecule has 1 aromatic rings. The molecule has 2 atom stereocenters. The zero-order valence-electron chi connectivity index (χ0n) is 14.3. The molecule has 2 aliphatic rings. The smallest absolute Gasteiger partial charge is 0.0261 e. The molecule has 1 aromatic carbocycles. The van der Waals surface area contributed by atoms with Gasteiger partial charge in [0.1, 0.15) is 0 Å². The van der Waals surface area contributed by atoms with Gasteiger partial charge in [0.25, 0.3) is 0 Å². The molecule has 0 radical (unpaired) electrons. The molecule has 0 saturated carbocycles. The largest absolute Gasteiger partial charge is 0.302 e. The highest BCUT2D eigenvalue weighted by Crippen LogP contribution is 2.31. The number of hydrogen-bond acceptors (Lipinski definition) is 2. The highest BCUT2D eigenvalue weighted by atomic mass is 15.3. The molecule has 2 fully saturated rings. The van der Waals surface area contributed by atoms with Gasteiger partial charge in [-0.3, -0.25) is 4.90 Å². The molecule has 2 unspecified atom stereocenters. The van der Waals surface area contributed by atoms with Crippen LogP contribution in [0, 0.1) is 12.8 Å². The topological polar surface area (TPSA) is 6.48 Å². The quantitative estimate of drug-likeness (QED) is 0.822. The monoisotopic (exact) mass is 286 g/mol. The van der Waals surface area contributed by atoms with Crippen LogP contribution in [0.3, 0.4) is 0 Å². The van der Waals surface area contributed by atoms with Crippen LogP contribution in [0.4, 0.5) is 0 Å². The Morgan fingerprint density at radius 3 is 2.57 bits per heavy atom. The van der Waals surface area contributed by atoms with E-state index < -0.39 is 0 Å². The zero-order valence-corrected chi connectivity index (χ0v) is 14.3. The number of fused-ring (bicyclic) bond motifs is 1. The Morgan fingerprint density at radius 2 is 1.95 bits per heavy atom. The first-order chi connectivity index (χ1) is 9.84. The highest BCUT2D eigenvalue weighted by molar-refractivity contribution is 5.35. The van der Waals surface area contributed by atoms with E-state index in [0.29, 0.717) is 0 Å². The maximum absolute atomic E-state index is 2.65. The second-order valence-electron chi connectivity index (χ2n) is 8.19. The van der Waals surface area contributed by atoms with Crippen LogP contribution in [0.25, 0.3) is 0 Å². The van der Waals surface area contributed by atoms with Crippen molar-refractivity contribution >= 4 is 0 Å². The molecular weight excluding hydrogens is 256 g/mol. The molecule has 3 rings (SSSR count). The average molecular weight is 286 g/mol. The van der Waals surface area contributed by atoms with E-state index in [9.17, 15) is 0 Å². The number of likely N-dealkylation sites (N-methyl/N-ethyl adjacent to an activating group) is 1. The lowest BCUT2D eigenvalue weighted by molar-refractivity contribution is 0.255. The maximum Gasteiger partial charge on any atom is 0.0261 e. The van der Waals surface area contributed by atoms with Crippen LogP contribution in [-0.4, -0.2) is 42.5 Å². The lowest BCUT2D eigenvalue weighted by Crippen LogP contribution is -2.31. The fourth-order valence-corrected chi connectivity index (χ4v) is 4.31. The molecular formula is C19H30N2. The number of likely N-dealkylation sites (tertiary alicyclic amines) is 2. The number of aryl methyl sites for hydroxylation is 1. The first-order valence-corrected chi connectivity index (χ1v) is 8.37. The van der Waals surface area contributed by atoms with Crippen molar-refractivity contribution in [3.8, 4) is 0 Å². The standard InChI is InChI=1S/C19H30N2/c1-14-10-15(6-7-17(14)19(2,3)4)11-21-12-16-8-9-20(5)18(16)13-21/h6-7,10,16,18H,8-9,11-13H2,1-5H3. The summed E-state index contributed by atoms with van der Waals surface area (Å²) in [7, 11) is 2.29. The van der Waals surface area contributed by atoms with Crippen molar-refractivity contribution in [2.24, 2.45) is 5.92 Å². The molecule has 0 aliphatic carbocycles. The molecule has 2 saturated heterocycles. The van der Waals surface area contributed by atoms with Crippen molar-refractivity contribution in [3.63, 3.8) is 0 Å². The molecule has 0 spiro atoms. The van der Waals surface area contributed by atoms with Gasteiger partial charge in [-0.1, -0.05) is 39.0 Å². The molecule has 0 amide bonds. The Balaban J connectivity index is 1.68. The lowest BCUT2D eigenvalue weighted by Gasteiger charge is -2.24. The summed E-state index contributed by atoms with van der Waals surface area (Å²) in [6, 6.07) is 7.89. The van der Waals surface area contributed by atoms with Crippen LogP contribution in [0.1, 0.15) is 43.9 Å². The van der Waals surface area contributed by atoms with E-state index in [0.717, 1.165) is 18.5 Å². The van der Waals surface area contributed by atoms with Gasteiger partial charge in [0.05, 0.1) is 0 Å². The number of nitrogens with zero attached hydrogens (tertiary/aromatic N) is 2. The third kappa shape index (κ3) is 3.02. The summed E-state index contributed by atoms with van der Waals surface area (Å²) >= 11 is 0. The summed E-state index contributed by atoms with van der Waals surface area (Å²) in [6.07, 6.45) is 1.39. The molecule has 2 nitrogen and oxygen atoms in total. The normalized spacial score (nSPS) is 27.3. The summed E-state index contributed by atoms with van der Waals surface area (Å²) in [5, 5.41) is 0. The van der Waals surface area contributed by atoms with Crippen molar-refractivity contribution in [3.05, 3.63) is 34.9 Å². The van der Waals surface area contributed by atoms with E-state index in [-0.39, 0.29) is 5.41 Å². The molecule has 2 heteroatoms. The Morgan fingerprint density at radius 1 is 1.19 bits per heavy atom. The van der Waals surface area contributed by atoms with E-state index in [1.165, 1.54) is 42.7 Å². The van der Waals surface area contributed by atoms with E-state index in [1.54, 1.807) is 0 Å². The Kier molecular flexibility index (Phi) is 3.87. The Hall–Kier alpha value is -0.860.